The lowest BCUT2D eigenvalue weighted by Gasteiger charge is -2.07. The molecule has 0 saturated heterocycles. The third-order valence-corrected chi connectivity index (χ3v) is 1.98. The third-order valence-electron chi connectivity index (χ3n) is 1.98. The quantitative estimate of drug-likeness (QED) is 0.435. The second-order valence-corrected chi connectivity index (χ2v) is 3.26. The van der Waals surface area contributed by atoms with E-state index in [1.807, 2.05) is 25.1 Å². The van der Waals surface area contributed by atoms with Crippen LogP contribution in [0.4, 0.5) is 0 Å². The van der Waals surface area contributed by atoms with Crippen molar-refractivity contribution in [3.63, 3.8) is 0 Å². The van der Waals surface area contributed by atoms with Crippen LogP contribution in [0.15, 0.2) is 42.2 Å². The normalized spacial score (nSPS) is 11.0. The Morgan fingerprint density at radius 1 is 1.31 bits per heavy atom. The van der Waals surface area contributed by atoms with Gasteiger partial charge in [0.2, 0.25) is 5.76 Å². The van der Waals surface area contributed by atoms with E-state index in [1.165, 1.54) is 7.11 Å². The highest BCUT2D eigenvalue weighted by Gasteiger charge is 2.11. The number of esters is 1. The van der Waals surface area contributed by atoms with Gasteiger partial charge in [-0.1, -0.05) is 31.5 Å². The van der Waals surface area contributed by atoms with Gasteiger partial charge in [-0.3, -0.25) is 0 Å². The molecule has 0 aliphatic carbocycles. The summed E-state index contributed by atoms with van der Waals surface area (Å²) in [5.74, 6) is 0.433. The number of rotatable bonds is 5. The van der Waals surface area contributed by atoms with Crippen LogP contribution in [-0.2, 0) is 9.53 Å². The first-order valence-electron chi connectivity index (χ1n) is 5.29. The molecular weight excluding hydrogens is 204 g/mol. The molecular formula is C13H16O3. The summed E-state index contributed by atoms with van der Waals surface area (Å²) in [4.78, 5) is 11.4. The number of hydrogen-bond donors (Lipinski definition) is 0. The summed E-state index contributed by atoms with van der Waals surface area (Å²) in [5.41, 5.74) is 0. The molecule has 3 nitrogen and oxygen atoms in total. The van der Waals surface area contributed by atoms with Crippen molar-refractivity contribution >= 4 is 5.97 Å². The summed E-state index contributed by atoms with van der Waals surface area (Å²) in [6, 6.07) is 9.18. The van der Waals surface area contributed by atoms with Crippen LogP contribution in [0.2, 0.25) is 0 Å². The van der Waals surface area contributed by atoms with Gasteiger partial charge in [-0.2, -0.15) is 0 Å². The van der Waals surface area contributed by atoms with Crippen molar-refractivity contribution in [2.45, 2.75) is 19.8 Å². The summed E-state index contributed by atoms with van der Waals surface area (Å²) in [6.45, 7) is 2.04. The zero-order chi connectivity index (χ0) is 11.8. The predicted molar refractivity (Wildman–Crippen MR) is 62.1 cm³/mol. The number of para-hydroxylation sites is 1. The number of carbonyl (C=O) groups excluding carboxylic acids is 1. The first kappa shape index (κ1) is 12.3. The molecule has 86 valence electrons. The number of ether oxygens (including phenoxy) is 2. The van der Waals surface area contributed by atoms with Gasteiger partial charge in [0.05, 0.1) is 7.11 Å². The van der Waals surface area contributed by atoms with Gasteiger partial charge in [0.15, 0.2) is 0 Å². The van der Waals surface area contributed by atoms with Gasteiger partial charge in [0.25, 0.3) is 0 Å². The third kappa shape index (κ3) is 3.77. The van der Waals surface area contributed by atoms with E-state index < -0.39 is 5.97 Å². The molecule has 0 radical (unpaired) electrons. The maximum absolute atomic E-state index is 11.4. The molecule has 0 aliphatic heterocycles. The molecule has 0 amide bonds. The van der Waals surface area contributed by atoms with E-state index in [9.17, 15) is 4.79 Å². The standard InChI is InChI=1S/C13H16O3/c1-3-4-10-12(13(14)15-2)16-11-8-6-5-7-9-11/h5-10H,3-4H2,1-2H3/b12-10+. The topological polar surface area (TPSA) is 35.5 Å². The molecule has 0 spiro atoms. The van der Waals surface area contributed by atoms with E-state index in [-0.39, 0.29) is 5.76 Å². The molecule has 0 aromatic heterocycles. The lowest BCUT2D eigenvalue weighted by molar-refractivity contribution is -0.138. The van der Waals surface area contributed by atoms with Crippen molar-refractivity contribution in [2.24, 2.45) is 0 Å². The first-order valence-corrected chi connectivity index (χ1v) is 5.29. The molecule has 0 N–H and O–H groups in total. The monoisotopic (exact) mass is 220 g/mol. The maximum Gasteiger partial charge on any atom is 0.373 e. The van der Waals surface area contributed by atoms with Gasteiger partial charge in [-0.05, 0) is 24.6 Å². The molecule has 1 rings (SSSR count). The van der Waals surface area contributed by atoms with E-state index in [2.05, 4.69) is 4.74 Å². The van der Waals surface area contributed by atoms with Gasteiger partial charge >= 0.3 is 5.97 Å². The van der Waals surface area contributed by atoms with Crippen molar-refractivity contribution in [3.05, 3.63) is 42.2 Å². The fourth-order valence-electron chi connectivity index (χ4n) is 1.16. The van der Waals surface area contributed by atoms with Gasteiger partial charge in [-0.25, -0.2) is 4.79 Å². The van der Waals surface area contributed by atoms with Crippen molar-refractivity contribution in [2.75, 3.05) is 7.11 Å². The summed E-state index contributed by atoms with van der Waals surface area (Å²) < 4.78 is 10.1. The van der Waals surface area contributed by atoms with Crippen LogP contribution in [0.25, 0.3) is 0 Å². The SMILES string of the molecule is CCC/C=C(/Oc1ccccc1)C(=O)OC. The molecule has 0 aliphatic rings. The molecule has 0 saturated carbocycles. The van der Waals surface area contributed by atoms with Crippen LogP contribution in [0.1, 0.15) is 19.8 Å². The van der Waals surface area contributed by atoms with Gasteiger partial charge in [-0.15, -0.1) is 0 Å². The number of carbonyl (C=O) groups is 1. The fraction of sp³-hybridized carbons (Fsp3) is 0.308. The lowest BCUT2D eigenvalue weighted by Crippen LogP contribution is -2.10. The minimum absolute atomic E-state index is 0.246. The molecule has 1 aromatic rings. The highest BCUT2D eigenvalue weighted by Crippen LogP contribution is 2.14. The van der Waals surface area contributed by atoms with Crippen molar-refractivity contribution in [1.82, 2.24) is 0 Å². The summed E-state index contributed by atoms with van der Waals surface area (Å²) in [7, 11) is 1.34. The Balaban J connectivity index is 2.75. The number of unbranched alkanes of at least 4 members (excludes halogenated alkanes) is 1. The van der Waals surface area contributed by atoms with E-state index in [0.29, 0.717) is 5.75 Å². The number of hydrogen-bond acceptors (Lipinski definition) is 3. The first-order chi connectivity index (χ1) is 7.77. The fourth-order valence-corrected chi connectivity index (χ4v) is 1.16. The summed E-state index contributed by atoms with van der Waals surface area (Å²) in [5, 5.41) is 0. The van der Waals surface area contributed by atoms with E-state index in [0.717, 1.165) is 12.8 Å². The van der Waals surface area contributed by atoms with Gasteiger partial charge < -0.3 is 9.47 Å². The molecule has 0 atom stereocenters. The van der Waals surface area contributed by atoms with Gasteiger partial charge in [0, 0.05) is 0 Å². The Kier molecular flexibility index (Phi) is 5.12. The second kappa shape index (κ2) is 6.67. The van der Waals surface area contributed by atoms with Gasteiger partial charge in [0.1, 0.15) is 5.75 Å². The predicted octanol–water partition coefficient (Wildman–Crippen LogP) is 2.92. The Labute approximate surface area is 95.7 Å². The molecule has 16 heavy (non-hydrogen) atoms. The maximum atomic E-state index is 11.4. The Morgan fingerprint density at radius 3 is 2.56 bits per heavy atom. The zero-order valence-corrected chi connectivity index (χ0v) is 9.60. The highest BCUT2D eigenvalue weighted by atomic mass is 16.6. The van der Waals surface area contributed by atoms with E-state index in [1.54, 1.807) is 18.2 Å². The Morgan fingerprint density at radius 2 is 2.00 bits per heavy atom. The van der Waals surface area contributed by atoms with Crippen molar-refractivity contribution < 1.29 is 14.3 Å². The zero-order valence-electron chi connectivity index (χ0n) is 9.60. The largest absolute Gasteiger partial charge is 0.463 e. The number of benzene rings is 1. The van der Waals surface area contributed by atoms with Crippen molar-refractivity contribution in [3.8, 4) is 5.75 Å². The second-order valence-electron chi connectivity index (χ2n) is 3.26. The summed E-state index contributed by atoms with van der Waals surface area (Å²) >= 11 is 0. The Hall–Kier alpha value is -1.77. The van der Waals surface area contributed by atoms with Crippen LogP contribution in [0.3, 0.4) is 0 Å². The average molecular weight is 220 g/mol. The van der Waals surface area contributed by atoms with Crippen LogP contribution >= 0.6 is 0 Å². The van der Waals surface area contributed by atoms with Crippen LogP contribution in [-0.4, -0.2) is 13.1 Å². The van der Waals surface area contributed by atoms with Crippen LogP contribution in [0.5, 0.6) is 5.75 Å². The molecule has 0 heterocycles. The molecule has 1 aromatic carbocycles. The van der Waals surface area contributed by atoms with Crippen LogP contribution < -0.4 is 4.74 Å². The smallest absolute Gasteiger partial charge is 0.373 e. The molecule has 0 bridgehead atoms. The number of allylic oxidation sites excluding steroid dienone is 1. The highest BCUT2D eigenvalue weighted by molar-refractivity contribution is 5.86. The van der Waals surface area contributed by atoms with Crippen molar-refractivity contribution in [1.29, 1.82) is 0 Å². The minimum Gasteiger partial charge on any atom is -0.463 e. The Bertz CT molecular complexity index is 355. The molecule has 3 heteroatoms. The lowest BCUT2D eigenvalue weighted by atomic mass is 10.3. The number of methoxy groups -OCH3 is 1. The molecule has 0 fully saturated rings. The van der Waals surface area contributed by atoms with E-state index in [4.69, 9.17) is 4.74 Å². The molecule has 0 unspecified atom stereocenters. The van der Waals surface area contributed by atoms with E-state index >= 15 is 0 Å². The summed E-state index contributed by atoms with van der Waals surface area (Å²) in [6.07, 6.45) is 3.49. The van der Waals surface area contributed by atoms with Crippen LogP contribution in [0, 0.1) is 0 Å². The average Bonchev–Trinajstić information content (AvgIpc) is 2.34. The minimum atomic E-state index is -0.447.